The minimum absolute atomic E-state index is 0.0699. The molecule has 10 heteroatoms. The molecule has 0 fully saturated rings. The molecule has 0 radical (unpaired) electrons. The van der Waals surface area contributed by atoms with Crippen LogP contribution in [-0.4, -0.2) is 36.9 Å². The van der Waals surface area contributed by atoms with E-state index in [1.54, 1.807) is 48.5 Å². The smallest absolute Gasteiger partial charge is 0.294 e. The van der Waals surface area contributed by atoms with Crippen molar-refractivity contribution in [3.63, 3.8) is 0 Å². The first-order valence-corrected chi connectivity index (χ1v) is 8.47. The number of aromatic amines is 1. The Hall–Kier alpha value is -4.47. The van der Waals surface area contributed by atoms with Gasteiger partial charge in [0.1, 0.15) is 0 Å². The molecule has 0 aliphatic heterocycles. The summed E-state index contributed by atoms with van der Waals surface area (Å²) < 4.78 is 1.34. The summed E-state index contributed by atoms with van der Waals surface area (Å²) in [7, 11) is 0. The van der Waals surface area contributed by atoms with Gasteiger partial charge in [-0.05, 0) is 18.2 Å². The summed E-state index contributed by atoms with van der Waals surface area (Å²) >= 11 is 0. The number of H-pyrrole nitrogens is 1. The fourth-order valence-corrected chi connectivity index (χ4v) is 2.76. The monoisotopic (exact) mass is 390 g/mol. The van der Waals surface area contributed by atoms with Gasteiger partial charge in [0.15, 0.2) is 17.1 Å². The second kappa shape index (κ2) is 7.27. The van der Waals surface area contributed by atoms with E-state index in [1.165, 1.54) is 10.9 Å². The molecule has 4 aromatic rings. The van der Waals surface area contributed by atoms with Crippen LogP contribution >= 0.6 is 0 Å². The SMILES string of the molecule is O=C(NNC(=O)c1n[nH]c(=O)c2ccccc12)c1nn(-c2ccccc2)cc1O. The van der Waals surface area contributed by atoms with Crippen LogP contribution in [0.25, 0.3) is 16.5 Å². The Morgan fingerprint density at radius 1 is 0.897 bits per heavy atom. The van der Waals surface area contributed by atoms with Gasteiger partial charge in [0.2, 0.25) is 0 Å². The summed E-state index contributed by atoms with van der Waals surface area (Å²) in [4.78, 5) is 36.5. The van der Waals surface area contributed by atoms with E-state index >= 15 is 0 Å². The number of nitrogens with zero attached hydrogens (tertiary/aromatic N) is 3. The second-order valence-corrected chi connectivity index (χ2v) is 6.00. The lowest BCUT2D eigenvalue weighted by molar-refractivity contribution is 0.0839. The van der Waals surface area contributed by atoms with Crippen molar-refractivity contribution >= 4 is 22.6 Å². The lowest BCUT2D eigenvalue weighted by atomic mass is 10.1. The zero-order chi connectivity index (χ0) is 20.4. The lowest BCUT2D eigenvalue weighted by Gasteiger charge is -2.07. The number of hydrogen-bond acceptors (Lipinski definition) is 6. The number of amides is 2. The molecular formula is C19H14N6O4. The first kappa shape index (κ1) is 17.9. The molecule has 144 valence electrons. The maximum absolute atomic E-state index is 12.4. The van der Waals surface area contributed by atoms with E-state index in [0.717, 1.165) is 0 Å². The first-order chi connectivity index (χ1) is 14.0. The van der Waals surface area contributed by atoms with Gasteiger partial charge in [0, 0.05) is 5.39 Å². The van der Waals surface area contributed by atoms with E-state index in [-0.39, 0.29) is 17.1 Å². The normalized spacial score (nSPS) is 10.6. The molecule has 0 bridgehead atoms. The van der Waals surface area contributed by atoms with Crippen molar-refractivity contribution in [2.24, 2.45) is 0 Å². The summed E-state index contributed by atoms with van der Waals surface area (Å²) in [6, 6.07) is 15.3. The van der Waals surface area contributed by atoms with Crippen LogP contribution in [0.5, 0.6) is 5.75 Å². The van der Waals surface area contributed by atoms with Crippen molar-refractivity contribution in [1.82, 2.24) is 30.8 Å². The van der Waals surface area contributed by atoms with Crippen LogP contribution in [0, 0.1) is 0 Å². The van der Waals surface area contributed by atoms with E-state index in [9.17, 15) is 19.5 Å². The van der Waals surface area contributed by atoms with Crippen LogP contribution in [0.4, 0.5) is 0 Å². The van der Waals surface area contributed by atoms with Crippen LogP contribution in [0.15, 0.2) is 65.6 Å². The van der Waals surface area contributed by atoms with Crippen LogP contribution in [0.2, 0.25) is 0 Å². The third kappa shape index (κ3) is 3.41. The molecule has 29 heavy (non-hydrogen) atoms. The number of carbonyl (C=O) groups excluding carboxylic acids is 2. The standard InChI is InChI=1S/C19H14N6O4/c26-14-10-25(11-6-2-1-3-7-11)24-16(14)19(29)23-22-18(28)15-12-8-4-5-9-13(12)17(27)21-20-15/h1-10,26H,(H,21,27)(H,22,28)(H,23,29). The molecule has 0 saturated heterocycles. The minimum Gasteiger partial charge on any atom is -0.504 e. The van der Waals surface area contributed by atoms with Crippen LogP contribution in [0.1, 0.15) is 21.0 Å². The van der Waals surface area contributed by atoms with E-state index < -0.39 is 17.4 Å². The highest BCUT2D eigenvalue weighted by Gasteiger charge is 2.19. The molecule has 0 aliphatic carbocycles. The van der Waals surface area contributed by atoms with Gasteiger partial charge in [0.25, 0.3) is 17.4 Å². The van der Waals surface area contributed by atoms with Crippen molar-refractivity contribution in [2.75, 3.05) is 0 Å². The first-order valence-electron chi connectivity index (χ1n) is 8.47. The molecule has 0 saturated carbocycles. The molecular weight excluding hydrogens is 376 g/mol. The van der Waals surface area contributed by atoms with Gasteiger partial charge in [-0.1, -0.05) is 36.4 Å². The van der Waals surface area contributed by atoms with Crippen molar-refractivity contribution in [3.05, 3.63) is 82.5 Å². The Balaban J connectivity index is 1.52. The number of fused-ring (bicyclic) bond motifs is 1. The molecule has 0 spiro atoms. The average molecular weight is 390 g/mol. The van der Waals surface area contributed by atoms with Gasteiger partial charge in [-0.3, -0.25) is 25.2 Å². The Bertz CT molecular complexity index is 1280. The second-order valence-electron chi connectivity index (χ2n) is 6.00. The van der Waals surface area contributed by atoms with E-state index in [1.807, 2.05) is 6.07 Å². The van der Waals surface area contributed by atoms with Gasteiger partial charge in [0.05, 0.1) is 17.3 Å². The molecule has 2 heterocycles. The molecule has 0 aliphatic rings. The summed E-state index contributed by atoms with van der Waals surface area (Å²) in [5, 5.41) is 20.7. The number of aromatic hydroxyl groups is 1. The van der Waals surface area contributed by atoms with Gasteiger partial charge in [-0.2, -0.15) is 10.2 Å². The molecule has 2 aromatic heterocycles. The zero-order valence-corrected chi connectivity index (χ0v) is 14.8. The Morgan fingerprint density at radius 3 is 2.24 bits per heavy atom. The number of benzene rings is 2. The molecule has 4 rings (SSSR count). The quantitative estimate of drug-likeness (QED) is 0.383. The van der Waals surface area contributed by atoms with Crippen LogP contribution in [-0.2, 0) is 0 Å². The number of carbonyl (C=O) groups is 2. The third-order valence-corrected chi connectivity index (χ3v) is 4.13. The predicted octanol–water partition coefficient (Wildman–Crippen LogP) is 0.889. The average Bonchev–Trinajstić information content (AvgIpc) is 3.15. The van der Waals surface area contributed by atoms with Crippen molar-refractivity contribution < 1.29 is 14.7 Å². The Labute approximate surface area is 162 Å². The van der Waals surface area contributed by atoms with E-state index in [0.29, 0.717) is 16.5 Å². The summed E-state index contributed by atoms with van der Waals surface area (Å²) in [6.45, 7) is 0. The molecule has 0 atom stereocenters. The fourth-order valence-electron chi connectivity index (χ4n) is 2.76. The number of aromatic nitrogens is 4. The summed E-state index contributed by atoms with van der Waals surface area (Å²) in [5.41, 5.74) is 4.25. The van der Waals surface area contributed by atoms with Crippen molar-refractivity contribution in [2.45, 2.75) is 0 Å². The Kier molecular flexibility index (Phi) is 4.49. The molecule has 2 aromatic carbocycles. The Morgan fingerprint density at radius 2 is 1.52 bits per heavy atom. The third-order valence-electron chi connectivity index (χ3n) is 4.13. The number of hydrogen-bond donors (Lipinski definition) is 4. The molecule has 0 unspecified atom stereocenters. The van der Waals surface area contributed by atoms with E-state index in [4.69, 9.17) is 0 Å². The fraction of sp³-hybridized carbons (Fsp3) is 0. The predicted molar refractivity (Wildman–Crippen MR) is 103 cm³/mol. The highest BCUT2D eigenvalue weighted by Crippen LogP contribution is 2.18. The number of rotatable bonds is 3. The lowest BCUT2D eigenvalue weighted by Crippen LogP contribution is -2.42. The maximum Gasteiger partial charge on any atom is 0.294 e. The van der Waals surface area contributed by atoms with E-state index in [2.05, 4.69) is 26.1 Å². The summed E-state index contributed by atoms with van der Waals surface area (Å²) in [6.07, 6.45) is 1.28. The van der Waals surface area contributed by atoms with Gasteiger partial charge < -0.3 is 5.11 Å². The van der Waals surface area contributed by atoms with Crippen molar-refractivity contribution in [3.8, 4) is 11.4 Å². The summed E-state index contributed by atoms with van der Waals surface area (Å²) in [5.74, 6) is -1.92. The largest absolute Gasteiger partial charge is 0.504 e. The molecule has 2 amide bonds. The number of hydrazine groups is 1. The van der Waals surface area contributed by atoms with Gasteiger partial charge >= 0.3 is 0 Å². The van der Waals surface area contributed by atoms with Crippen LogP contribution < -0.4 is 16.4 Å². The maximum atomic E-state index is 12.4. The highest BCUT2D eigenvalue weighted by molar-refractivity contribution is 6.06. The minimum atomic E-state index is -0.820. The van der Waals surface area contributed by atoms with Gasteiger partial charge in [-0.25, -0.2) is 9.78 Å². The van der Waals surface area contributed by atoms with Crippen LogP contribution in [0.3, 0.4) is 0 Å². The zero-order valence-electron chi connectivity index (χ0n) is 14.8. The number of para-hydroxylation sites is 1. The van der Waals surface area contributed by atoms with Crippen molar-refractivity contribution in [1.29, 1.82) is 0 Å². The highest BCUT2D eigenvalue weighted by atomic mass is 16.3. The topological polar surface area (TPSA) is 142 Å². The van der Waals surface area contributed by atoms with Gasteiger partial charge in [-0.15, -0.1) is 0 Å². The molecule has 4 N–H and O–H groups in total. The number of nitrogens with one attached hydrogen (secondary N) is 3. The molecule has 10 nitrogen and oxygen atoms in total.